The Balaban J connectivity index is 0.00000400. The summed E-state index contributed by atoms with van der Waals surface area (Å²) < 4.78 is 4.49. The third-order valence-corrected chi connectivity index (χ3v) is 3.92. The average Bonchev–Trinajstić information content (AvgIpc) is 2.89. The van der Waals surface area contributed by atoms with Crippen LogP contribution in [0, 0.1) is 0 Å². The van der Waals surface area contributed by atoms with Gasteiger partial charge in [0.25, 0.3) is 0 Å². The maximum atomic E-state index is 5.48. The van der Waals surface area contributed by atoms with E-state index in [-0.39, 0.29) is 17.0 Å². The zero-order valence-electron chi connectivity index (χ0n) is 13.2. The molecule has 124 valence electrons. The van der Waals surface area contributed by atoms with Crippen LogP contribution in [0.25, 0.3) is 0 Å². The van der Waals surface area contributed by atoms with Crippen molar-refractivity contribution < 1.29 is 21.5 Å². The van der Waals surface area contributed by atoms with Crippen molar-refractivity contribution >= 4 is 12.6 Å². The van der Waals surface area contributed by atoms with Gasteiger partial charge in [-0.3, -0.25) is 0 Å². The lowest BCUT2D eigenvalue weighted by atomic mass is 10.1. The highest BCUT2D eigenvalue weighted by molar-refractivity contribution is 7.80. The molecule has 0 fully saturated rings. The van der Waals surface area contributed by atoms with E-state index in [0.717, 1.165) is 25.4 Å². The molecule has 0 saturated carbocycles. The van der Waals surface area contributed by atoms with Gasteiger partial charge in [0.1, 0.15) is 12.4 Å². The van der Waals surface area contributed by atoms with E-state index in [4.69, 9.17) is 5.73 Å². The Bertz CT molecular complexity index is 331. The highest BCUT2D eigenvalue weighted by atomic mass is 79.9. The van der Waals surface area contributed by atoms with E-state index in [9.17, 15) is 0 Å². The average molecular weight is 378 g/mol. The molecule has 2 N–H and O–H groups in total. The van der Waals surface area contributed by atoms with E-state index < -0.39 is 0 Å². The highest BCUT2D eigenvalue weighted by Crippen LogP contribution is 2.09. The molecule has 1 heterocycles. The number of hydrogen-bond acceptors (Lipinski definition) is 2. The molecule has 0 amide bonds. The van der Waals surface area contributed by atoms with E-state index in [1.807, 2.05) is 0 Å². The first-order valence-corrected chi connectivity index (χ1v) is 8.86. The summed E-state index contributed by atoms with van der Waals surface area (Å²) in [5.41, 5.74) is 5.48. The third kappa shape index (κ3) is 11.2. The molecule has 0 saturated heterocycles. The Labute approximate surface area is 146 Å². The number of nitrogens with two attached hydrogens (primary N) is 1. The predicted octanol–water partition coefficient (Wildman–Crippen LogP) is 0.179. The number of hydrogen-bond donors (Lipinski definition) is 2. The van der Waals surface area contributed by atoms with Crippen molar-refractivity contribution in [3.8, 4) is 0 Å². The molecule has 0 aliphatic heterocycles. The molecular weight excluding hydrogens is 346 g/mol. The second-order valence-electron chi connectivity index (χ2n) is 5.58. The Morgan fingerprint density at radius 1 is 0.905 bits per heavy atom. The maximum Gasteiger partial charge on any atom is 0.243 e. The van der Waals surface area contributed by atoms with E-state index in [0.29, 0.717) is 0 Å². The smallest absolute Gasteiger partial charge is 0.243 e. The fourth-order valence-corrected chi connectivity index (χ4v) is 2.73. The number of rotatable bonds is 13. The van der Waals surface area contributed by atoms with Gasteiger partial charge in [0, 0.05) is 5.75 Å². The molecule has 21 heavy (non-hydrogen) atoms. The van der Waals surface area contributed by atoms with Gasteiger partial charge in [-0.25, -0.2) is 9.13 Å². The number of thiol groups is 1. The van der Waals surface area contributed by atoms with Gasteiger partial charge in [0.2, 0.25) is 6.33 Å². The van der Waals surface area contributed by atoms with Crippen molar-refractivity contribution in [3.05, 3.63) is 18.7 Å². The Morgan fingerprint density at radius 3 is 2.05 bits per heavy atom. The van der Waals surface area contributed by atoms with Crippen molar-refractivity contribution in [2.75, 3.05) is 12.3 Å². The van der Waals surface area contributed by atoms with Crippen LogP contribution in [0.4, 0.5) is 0 Å². The fraction of sp³-hybridized carbons (Fsp3) is 0.812. The molecule has 3 nitrogen and oxygen atoms in total. The summed E-state index contributed by atoms with van der Waals surface area (Å²) in [4.78, 5) is 0. The van der Waals surface area contributed by atoms with E-state index in [1.165, 1.54) is 57.8 Å². The van der Waals surface area contributed by atoms with Crippen LogP contribution in [0.15, 0.2) is 18.7 Å². The predicted molar refractivity (Wildman–Crippen MR) is 89.1 cm³/mol. The van der Waals surface area contributed by atoms with Crippen LogP contribution < -0.4 is 27.3 Å². The maximum absolute atomic E-state index is 5.48. The van der Waals surface area contributed by atoms with Crippen molar-refractivity contribution in [2.45, 2.75) is 70.9 Å². The molecule has 0 spiro atoms. The topological polar surface area (TPSA) is 34.8 Å². The number of nitrogens with zero attached hydrogens (tertiary/aromatic N) is 2. The van der Waals surface area contributed by atoms with Crippen LogP contribution in [-0.4, -0.2) is 16.9 Å². The Kier molecular flexibility index (Phi) is 14.9. The van der Waals surface area contributed by atoms with Crippen LogP contribution in [-0.2, 0) is 13.1 Å². The SMILES string of the molecule is NCCCCCCCCCCCn1cc[n+](CCS)c1.[Br-]. The zero-order valence-corrected chi connectivity index (χ0v) is 15.7. The number of aromatic nitrogens is 2. The van der Waals surface area contributed by atoms with Crippen molar-refractivity contribution in [1.82, 2.24) is 4.57 Å². The lowest BCUT2D eigenvalue weighted by Crippen LogP contribution is -3.00. The largest absolute Gasteiger partial charge is 1.00 e. The molecule has 0 aromatic carbocycles. The summed E-state index contributed by atoms with van der Waals surface area (Å²) in [6.45, 7) is 3.00. The van der Waals surface area contributed by atoms with Crippen LogP contribution in [0.3, 0.4) is 0 Å². The number of unbranched alkanes of at least 4 members (excludes halogenated alkanes) is 8. The summed E-state index contributed by atoms with van der Waals surface area (Å²) in [7, 11) is 0. The van der Waals surface area contributed by atoms with Gasteiger partial charge in [-0.15, -0.1) is 0 Å². The highest BCUT2D eigenvalue weighted by Gasteiger charge is 2.02. The third-order valence-electron chi connectivity index (χ3n) is 3.72. The fourth-order valence-electron chi connectivity index (χ4n) is 2.49. The molecular formula is C16H32BrN3S. The quantitative estimate of drug-likeness (QED) is 0.287. The standard InChI is InChI=1S/C16H31N3S.BrH/c17-10-8-6-4-2-1-3-5-7-9-11-18-12-13-19(16-18)14-15-20;/h12-13,16H,1-11,14-15,17H2;1H. The van der Waals surface area contributed by atoms with E-state index >= 15 is 0 Å². The van der Waals surface area contributed by atoms with Crippen LogP contribution in [0.5, 0.6) is 0 Å². The van der Waals surface area contributed by atoms with Crippen molar-refractivity contribution in [1.29, 1.82) is 0 Å². The summed E-state index contributed by atoms with van der Waals surface area (Å²) in [6.07, 6.45) is 18.6. The van der Waals surface area contributed by atoms with Gasteiger partial charge >= 0.3 is 0 Å². The molecule has 0 aliphatic carbocycles. The number of halogens is 1. The van der Waals surface area contributed by atoms with Crippen LogP contribution >= 0.6 is 12.6 Å². The second kappa shape index (κ2) is 14.9. The number of aryl methyl sites for hydroxylation is 2. The normalized spacial score (nSPS) is 10.6. The Morgan fingerprint density at radius 2 is 1.48 bits per heavy atom. The summed E-state index contributed by atoms with van der Waals surface area (Å²) in [5.74, 6) is 0.903. The molecule has 1 aromatic rings. The van der Waals surface area contributed by atoms with Crippen molar-refractivity contribution in [2.24, 2.45) is 5.73 Å². The minimum Gasteiger partial charge on any atom is -1.00 e. The number of imidazole rings is 1. The van der Waals surface area contributed by atoms with Gasteiger partial charge in [0.15, 0.2) is 0 Å². The molecule has 1 aromatic heterocycles. The monoisotopic (exact) mass is 377 g/mol. The Hall–Kier alpha value is 0. The van der Waals surface area contributed by atoms with Gasteiger partial charge in [0.05, 0.1) is 13.1 Å². The molecule has 0 atom stereocenters. The first-order valence-electron chi connectivity index (χ1n) is 8.22. The first kappa shape index (κ1) is 21.0. The molecule has 0 bridgehead atoms. The van der Waals surface area contributed by atoms with Gasteiger partial charge in [-0.2, -0.15) is 12.6 Å². The first-order chi connectivity index (χ1) is 9.86. The summed E-state index contributed by atoms with van der Waals surface area (Å²) in [5, 5.41) is 0. The molecule has 0 aliphatic rings. The lowest BCUT2D eigenvalue weighted by molar-refractivity contribution is -0.691. The minimum absolute atomic E-state index is 0. The summed E-state index contributed by atoms with van der Waals surface area (Å²) in [6, 6.07) is 0. The van der Waals surface area contributed by atoms with E-state index in [2.05, 4.69) is 40.5 Å². The van der Waals surface area contributed by atoms with Crippen molar-refractivity contribution in [3.63, 3.8) is 0 Å². The molecule has 5 heteroatoms. The van der Waals surface area contributed by atoms with Gasteiger partial charge in [-0.1, -0.05) is 38.5 Å². The van der Waals surface area contributed by atoms with Crippen LogP contribution in [0.2, 0.25) is 0 Å². The summed E-state index contributed by atoms with van der Waals surface area (Å²) >= 11 is 4.25. The van der Waals surface area contributed by atoms with Crippen LogP contribution in [0.1, 0.15) is 57.8 Å². The molecule has 0 unspecified atom stereocenters. The van der Waals surface area contributed by atoms with Gasteiger partial charge < -0.3 is 22.7 Å². The second-order valence-corrected chi connectivity index (χ2v) is 6.03. The lowest BCUT2D eigenvalue weighted by Gasteiger charge is -2.01. The zero-order chi connectivity index (χ0) is 14.5. The molecule has 0 radical (unpaired) electrons. The minimum atomic E-state index is 0. The van der Waals surface area contributed by atoms with E-state index in [1.54, 1.807) is 0 Å². The molecule has 1 rings (SSSR count). The van der Waals surface area contributed by atoms with Gasteiger partial charge in [-0.05, 0) is 25.8 Å².